The number of hydrogen-bond acceptors (Lipinski definition) is 62. The Kier molecular flexibility index (Phi) is 66.7. The zero-order valence-electron chi connectivity index (χ0n) is 77.2. The summed E-state index contributed by atoms with van der Waals surface area (Å²) in [6.45, 7) is -11.5. The van der Waals surface area contributed by atoms with Crippen LogP contribution in [-0.2, 0) is 57.4 Å². The molecule has 0 radical (unpaired) electrons. The molecule has 6 aliphatic heterocycles. The monoisotopic (exact) mass is 2090 g/mol. The third-order valence-electron chi connectivity index (χ3n) is 24.4. The Hall–Kier alpha value is -4.36. The van der Waals surface area contributed by atoms with Crippen molar-refractivity contribution in [2.45, 2.75) is 258 Å². The Morgan fingerprint density at radius 2 is 0.447 bits per heavy atom. The lowest BCUT2D eigenvalue weighted by atomic mass is 9.94. The fraction of sp³-hybridized carbons (Fsp3) is 0.948. The second-order valence-corrected chi connectivity index (χ2v) is 33.2. The highest BCUT2D eigenvalue weighted by molar-refractivity contribution is 5.83. The zero-order valence-corrected chi connectivity index (χ0v) is 77.2. The number of nitrogens with zero attached hydrogens (tertiary/aromatic N) is 7. The molecular formula is C77H153N7O57. The first-order valence-corrected chi connectivity index (χ1v) is 44.3. The predicted molar refractivity (Wildman–Crippen MR) is 456 cm³/mol. The Labute approximate surface area is 805 Å². The molecule has 6 saturated heterocycles. The molecule has 0 spiro atoms. The van der Waals surface area contributed by atoms with Crippen molar-refractivity contribution in [2.75, 3.05) is 205 Å². The van der Waals surface area contributed by atoms with E-state index >= 15 is 0 Å². The van der Waals surface area contributed by atoms with Gasteiger partial charge in [0.25, 0.3) is 5.91 Å². The van der Waals surface area contributed by atoms with Gasteiger partial charge < -0.3 is 258 Å². The molecule has 7 unspecified atom stereocenters. The number of ether oxygens (including phenoxy) is 6. The Balaban J connectivity index is 0.000000851. The van der Waals surface area contributed by atoms with Gasteiger partial charge in [0, 0.05) is 39.6 Å². The number of amides is 2. The van der Waals surface area contributed by atoms with Gasteiger partial charge in [-0.25, -0.2) is 9.59 Å². The molecule has 838 valence electrons. The topological polar surface area (TPSA) is 1080 Å². The van der Waals surface area contributed by atoms with Crippen LogP contribution in [-0.4, -0.2) is 736 Å². The van der Waals surface area contributed by atoms with Crippen LogP contribution in [0.3, 0.4) is 0 Å². The van der Waals surface area contributed by atoms with E-state index in [1.807, 2.05) is 0 Å². The first-order chi connectivity index (χ1) is 66.8. The van der Waals surface area contributed by atoms with Gasteiger partial charge in [-0.3, -0.25) is 43.9 Å². The quantitative estimate of drug-likeness (QED) is 0.0199. The van der Waals surface area contributed by atoms with E-state index in [0.717, 1.165) is 11.8 Å². The Morgan fingerprint density at radius 3 is 0.709 bits per heavy atom. The van der Waals surface area contributed by atoms with Crippen LogP contribution in [0.25, 0.3) is 0 Å². The van der Waals surface area contributed by atoms with Gasteiger partial charge in [0.1, 0.15) is 104 Å². The van der Waals surface area contributed by atoms with Crippen molar-refractivity contribution >= 4 is 23.8 Å². The Bertz CT molecular complexity index is 3120. The number of carbonyl (C=O) groups excluding carboxylic acids is 4. The maximum Gasteiger partial charge on any atom is 0.373 e. The number of carbonyl (C=O) groups is 4. The number of hydrogen-bond donors (Lipinski definition) is 45. The zero-order chi connectivity index (χ0) is 108. The summed E-state index contributed by atoms with van der Waals surface area (Å²) in [6.07, 6.45) is -38.8. The minimum Gasteiger partial charge on any atom is -0.395 e. The van der Waals surface area contributed by atoms with Crippen LogP contribution in [0.4, 0.5) is 0 Å². The molecule has 64 nitrogen and oxygen atoms in total. The van der Waals surface area contributed by atoms with E-state index in [9.17, 15) is 229 Å². The van der Waals surface area contributed by atoms with E-state index in [-0.39, 0.29) is 59.2 Å². The number of aliphatic hydroxyl groups is 43. The highest BCUT2D eigenvalue weighted by Crippen LogP contribution is 2.32. The summed E-state index contributed by atoms with van der Waals surface area (Å²) in [7, 11) is 0. The molecule has 141 heavy (non-hydrogen) atoms. The van der Waals surface area contributed by atoms with Crippen LogP contribution in [0.2, 0.25) is 0 Å². The molecule has 6 aliphatic rings. The molecule has 6 rings (SSSR count). The standard InChI is InChI=1S/C18H38N2O11.2C12H23NO10.C12H25NO9.C12H25NO7.C11H19NO10/c21-3-11(4-22)19(12(5-23)6-24)1-15-17(29)18(30)16(31-15)2-20(13(7-25)8-26)14(9-27)10-28;14-2-6(3-15)13(7(4-16)5-17)1-8-9(18)10(19)11(22-8)12(20)23-21;14-1-5(2-15)13(6(3-16)4-17)11(21)10-8(19)7(18)9(20)12(22)23-10;14-2-6(3-15)13(7(4-16)5-17)1-8-9(18)10(19)11(20)12(21)22-8;1-7-11(18)12(19)10(20-7)2-13(8(3-14)4-15)9(5-16)6-17;1-4(15)12(5(2-13)3-14)6-7(16)8(17)9(11(19)22-20)21-10(6)18/h11-18,21-30H,1-10H2;6-11,14-19,21H,1-5H2;5-10,12,14-20,22H,1-4H2;6-12,14-21H,1-5H2;7-12,14-19H,2-6H2,1H3;5-10,13-14,16-18,20H,2-3H2,1H3/t15-,16?,17-,18+;8?,9-,10+,11-;7-,8-,9+,10-,12?;8-,9-,10+,11-,12?;7-,10?,11-,12+;6?,7-,8+,9+,10?/m010101/s1. The average molecular weight is 2090 g/mol. The molecule has 27 atom stereocenters. The molecule has 45 N–H and O–H groups in total. The largest absolute Gasteiger partial charge is 0.395 e. The van der Waals surface area contributed by atoms with Crippen LogP contribution in [0.15, 0.2) is 0 Å². The normalized spacial score (nSPS) is 29.7. The van der Waals surface area contributed by atoms with Crippen LogP contribution in [0.5, 0.6) is 0 Å². The highest BCUT2D eigenvalue weighted by Gasteiger charge is 2.55. The molecule has 0 aliphatic carbocycles. The van der Waals surface area contributed by atoms with Gasteiger partial charge in [-0.15, -0.1) is 0 Å². The molecule has 0 aromatic carbocycles. The van der Waals surface area contributed by atoms with Crippen molar-refractivity contribution in [3.8, 4) is 0 Å². The molecule has 0 aromatic rings. The molecule has 6 fully saturated rings. The van der Waals surface area contributed by atoms with Crippen LogP contribution in [0.1, 0.15) is 13.8 Å². The van der Waals surface area contributed by atoms with Crippen molar-refractivity contribution < 1.29 is 287 Å². The lowest BCUT2D eigenvalue weighted by molar-refractivity contribution is -0.292. The first-order valence-electron chi connectivity index (χ1n) is 44.3. The Morgan fingerprint density at radius 1 is 0.234 bits per heavy atom. The van der Waals surface area contributed by atoms with Crippen LogP contribution >= 0.6 is 0 Å². The van der Waals surface area contributed by atoms with E-state index in [0.29, 0.717) is 4.90 Å². The summed E-state index contributed by atoms with van der Waals surface area (Å²) in [5.41, 5.74) is 0. The highest BCUT2D eigenvalue weighted by atomic mass is 17.1. The third-order valence-corrected chi connectivity index (χ3v) is 24.4. The van der Waals surface area contributed by atoms with E-state index in [1.165, 1.54) is 24.5 Å². The lowest BCUT2D eigenvalue weighted by Gasteiger charge is -2.46. The second-order valence-electron chi connectivity index (χ2n) is 33.2. The first kappa shape index (κ1) is 135. The van der Waals surface area contributed by atoms with Crippen molar-refractivity contribution in [3.63, 3.8) is 0 Å². The fourth-order valence-electron chi connectivity index (χ4n) is 15.8. The summed E-state index contributed by atoms with van der Waals surface area (Å²) in [6, 6.07) is -13.4. The molecule has 0 aromatic heterocycles. The van der Waals surface area contributed by atoms with Crippen molar-refractivity contribution in [1.29, 1.82) is 0 Å². The van der Waals surface area contributed by atoms with E-state index < -0.39 is 413 Å². The van der Waals surface area contributed by atoms with Gasteiger partial charge in [-0.1, -0.05) is 0 Å². The van der Waals surface area contributed by atoms with Gasteiger partial charge in [0.15, 0.2) is 37.2 Å². The van der Waals surface area contributed by atoms with Gasteiger partial charge in [-0.05, 0) is 6.92 Å². The smallest absolute Gasteiger partial charge is 0.373 e. The van der Waals surface area contributed by atoms with E-state index in [2.05, 4.69) is 9.78 Å². The maximum atomic E-state index is 12.5. The summed E-state index contributed by atoms with van der Waals surface area (Å²) in [5.74, 6) is -4.55. The summed E-state index contributed by atoms with van der Waals surface area (Å²) in [5, 5.41) is 426. The predicted octanol–water partition coefficient (Wildman–Crippen LogP) is -29.4. The van der Waals surface area contributed by atoms with Gasteiger partial charge >= 0.3 is 11.9 Å². The summed E-state index contributed by atoms with van der Waals surface area (Å²) < 4.78 is 30.9. The lowest BCUT2D eigenvalue weighted by Crippen LogP contribution is -2.68. The number of aliphatic hydroxyl groups excluding tert-OH is 43. The SMILES string of the molecule is CC(=O)N(C(CO)CO)C1C(O)O[C@H](C(=O)OO)[C@@H](O)[C@@H]1O.C[C@@H]1OC(CN(C(CO)CO)C(CO)CO)[C@@H](O)[C@H]1O.O=C(OO)[C@@H]1OC(CN(C(CO)CO)C(CO)CO)[C@@H](O)[C@@H]1O.O=C([C@H]1OC(O)[C@H](O)[C@@H](O)[C@@H]1O)N(C(CO)CO)C(CO)CO.OCC(CO)N(CC1O[C@@H](CN(C(CO)CO)C(CO)CO)[C@H](O)[C@@H]1O)C(CO)CO.OCC(CO)N(C[C@H]1OC(O)[C@H](O)[C@@H](O)[C@@H]1O)C(CO)CO. The average Bonchev–Trinajstić information content (AvgIpc) is 1.68. The molecule has 0 saturated carbocycles. The second kappa shape index (κ2) is 69.8. The van der Waals surface area contributed by atoms with Crippen molar-refractivity contribution in [3.05, 3.63) is 0 Å². The molecule has 64 heteroatoms. The third kappa shape index (κ3) is 37.1. The van der Waals surface area contributed by atoms with Gasteiger partial charge in [-0.2, -0.15) is 10.5 Å². The van der Waals surface area contributed by atoms with Crippen LogP contribution < -0.4 is 0 Å². The minimum absolute atomic E-state index is 0.0696. The van der Waals surface area contributed by atoms with E-state index in [1.54, 1.807) is 6.92 Å². The molecule has 2 amide bonds. The molecule has 0 bridgehead atoms. The van der Waals surface area contributed by atoms with Crippen molar-refractivity contribution in [2.24, 2.45) is 0 Å². The minimum atomic E-state index is -1.95. The van der Waals surface area contributed by atoms with Gasteiger partial charge in [0.05, 0.1) is 275 Å². The fourth-order valence-corrected chi connectivity index (χ4v) is 15.8. The van der Waals surface area contributed by atoms with Crippen molar-refractivity contribution in [1.82, 2.24) is 34.3 Å². The molecule has 6 heterocycles. The van der Waals surface area contributed by atoms with E-state index in [4.69, 9.17) is 49.1 Å². The van der Waals surface area contributed by atoms with Gasteiger partial charge in [0.2, 0.25) is 5.91 Å². The number of rotatable bonds is 53. The van der Waals surface area contributed by atoms with Crippen LogP contribution in [0, 0.1) is 0 Å². The summed E-state index contributed by atoms with van der Waals surface area (Å²) in [4.78, 5) is 61.8. The maximum absolute atomic E-state index is 12.5. The summed E-state index contributed by atoms with van der Waals surface area (Å²) >= 11 is 0. The molecular weight excluding hydrogens is 1930 g/mol.